The molecule has 0 saturated carbocycles. The standard InChI is InChI=1S/C27H24N6S/c1-6-7-20(23-9-8-22(34-23)15(2)3)24-17(5)30-27(31-24)25-21-11-19(14-29-26(21)33-32-25)18-10-16(4)12-28-13-18/h6-14H,1-2H2,3-5H3,(H,30,31)(H,29,32,33)/b20-7-. The first kappa shape index (κ1) is 21.7. The van der Waals surface area contributed by atoms with Crippen molar-refractivity contribution in [3.63, 3.8) is 0 Å². The lowest BCUT2D eigenvalue weighted by atomic mass is 10.1. The highest BCUT2D eigenvalue weighted by Crippen LogP contribution is 2.35. The summed E-state index contributed by atoms with van der Waals surface area (Å²) in [4.78, 5) is 19.5. The molecule has 0 amide bonds. The van der Waals surface area contributed by atoms with Crippen molar-refractivity contribution in [2.75, 3.05) is 0 Å². The van der Waals surface area contributed by atoms with Gasteiger partial charge in [0.2, 0.25) is 0 Å². The van der Waals surface area contributed by atoms with Crippen LogP contribution in [0.1, 0.15) is 33.6 Å². The average Bonchev–Trinajstić information content (AvgIpc) is 3.55. The molecule has 5 rings (SSSR count). The van der Waals surface area contributed by atoms with Crippen LogP contribution in [0.2, 0.25) is 0 Å². The molecule has 0 aromatic carbocycles. The summed E-state index contributed by atoms with van der Waals surface area (Å²) < 4.78 is 0. The number of thiophene rings is 1. The van der Waals surface area contributed by atoms with Crippen LogP contribution in [0.4, 0.5) is 0 Å². The number of aromatic nitrogens is 6. The van der Waals surface area contributed by atoms with Gasteiger partial charge in [-0.1, -0.05) is 25.3 Å². The number of aromatic amines is 2. The molecule has 0 atom stereocenters. The van der Waals surface area contributed by atoms with Crippen LogP contribution in [0.15, 0.2) is 68.2 Å². The van der Waals surface area contributed by atoms with E-state index in [1.54, 1.807) is 17.4 Å². The van der Waals surface area contributed by atoms with Gasteiger partial charge in [0.15, 0.2) is 11.5 Å². The molecule has 0 radical (unpaired) electrons. The maximum Gasteiger partial charge on any atom is 0.181 e. The molecule has 0 fully saturated rings. The molecule has 7 heteroatoms. The molecule has 5 aromatic heterocycles. The number of rotatable bonds is 6. The van der Waals surface area contributed by atoms with E-state index in [9.17, 15) is 0 Å². The second-order valence-electron chi connectivity index (χ2n) is 8.26. The zero-order valence-electron chi connectivity index (χ0n) is 19.3. The number of hydrogen-bond acceptors (Lipinski definition) is 5. The number of hydrogen-bond donors (Lipinski definition) is 2. The van der Waals surface area contributed by atoms with E-state index in [1.165, 1.54) is 0 Å². The number of fused-ring (bicyclic) bond motifs is 1. The van der Waals surface area contributed by atoms with Gasteiger partial charge in [-0.3, -0.25) is 10.1 Å². The second-order valence-corrected chi connectivity index (χ2v) is 9.35. The Bertz CT molecular complexity index is 1580. The van der Waals surface area contributed by atoms with Crippen molar-refractivity contribution in [2.24, 2.45) is 0 Å². The van der Waals surface area contributed by atoms with Gasteiger partial charge in [-0.15, -0.1) is 11.3 Å². The summed E-state index contributed by atoms with van der Waals surface area (Å²) in [7, 11) is 0. The van der Waals surface area contributed by atoms with Gasteiger partial charge in [-0.05, 0) is 56.2 Å². The molecule has 0 spiro atoms. The van der Waals surface area contributed by atoms with Crippen LogP contribution >= 0.6 is 11.3 Å². The average molecular weight is 465 g/mol. The van der Waals surface area contributed by atoms with Crippen molar-refractivity contribution in [1.29, 1.82) is 0 Å². The minimum Gasteiger partial charge on any atom is -0.340 e. The Kier molecular flexibility index (Phi) is 5.55. The number of imidazole rings is 1. The Morgan fingerprint density at radius 1 is 1.06 bits per heavy atom. The predicted molar refractivity (Wildman–Crippen MR) is 140 cm³/mol. The van der Waals surface area contributed by atoms with E-state index < -0.39 is 0 Å². The van der Waals surface area contributed by atoms with Crippen LogP contribution < -0.4 is 0 Å². The van der Waals surface area contributed by atoms with E-state index in [4.69, 9.17) is 4.98 Å². The van der Waals surface area contributed by atoms with Crippen LogP contribution in [-0.4, -0.2) is 30.1 Å². The summed E-state index contributed by atoms with van der Waals surface area (Å²) in [6, 6.07) is 8.37. The number of pyridine rings is 2. The molecular weight excluding hydrogens is 440 g/mol. The monoisotopic (exact) mass is 464 g/mol. The van der Waals surface area contributed by atoms with Gasteiger partial charge < -0.3 is 4.98 Å². The third-order valence-corrected chi connectivity index (χ3v) is 6.85. The van der Waals surface area contributed by atoms with Crippen LogP contribution in [-0.2, 0) is 0 Å². The van der Waals surface area contributed by atoms with E-state index in [0.717, 1.165) is 60.1 Å². The smallest absolute Gasteiger partial charge is 0.181 e. The first-order valence-corrected chi connectivity index (χ1v) is 11.7. The fraction of sp³-hybridized carbons (Fsp3) is 0.111. The van der Waals surface area contributed by atoms with Crippen LogP contribution in [0.25, 0.3) is 44.8 Å². The Morgan fingerprint density at radius 3 is 2.59 bits per heavy atom. The minimum atomic E-state index is 0.640. The molecule has 5 heterocycles. The molecule has 6 nitrogen and oxygen atoms in total. The van der Waals surface area contributed by atoms with Gasteiger partial charge in [0.05, 0.1) is 11.1 Å². The molecule has 0 aliphatic heterocycles. The highest BCUT2D eigenvalue weighted by Gasteiger charge is 2.19. The summed E-state index contributed by atoms with van der Waals surface area (Å²) in [6.45, 7) is 14.0. The van der Waals surface area contributed by atoms with Crippen molar-refractivity contribution < 1.29 is 0 Å². The van der Waals surface area contributed by atoms with Crippen molar-refractivity contribution in [2.45, 2.75) is 20.8 Å². The Morgan fingerprint density at radius 2 is 1.85 bits per heavy atom. The highest BCUT2D eigenvalue weighted by molar-refractivity contribution is 7.14. The summed E-state index contributed by atoms with van der Waals surface area (Å²) >= 11 is 1.70. The summed E-state index contributed by atoms with van der Waals surface area (Å²) in [5, 5.41) is 8.42. The van der Waals surface area contributed by atoms with E-state index in [2.05, 4.69) is 62.6 Å². The second kappa shape index (κ2) is 8.68. The van der Waals surface area contributed by atoms with Crippen molar-refractivity contribution in [3.8, 4) is 22.6 Å². The molecule has 0 unspecified atom stereocenters. The lowest BCUT2D eigenvalue weighted by Gasteiger charge is -2.03. The summed E-state index contributed by atoms with van der Waals surface area (Å²) in [5.41, 5.74) is 8.43. The molecule has 0 aliphatic carbocycles. The molecule has 0 saturated heterocycles. The van der Waals surface area contributed by atoms with E-state index in [-0.39, 0.29) is 0 Å². The van der Waals surface area contributed by atoms with Gasteiger partial charge in [-0.25, -0.2) is 9.97 Å². The molecule has 34 heavy (non-hydrogen) atoms. The number of allylic oxidation sites excluding steroid dienone is 3. The predicted octanol–water partition coefficient (Wildman–Crippen LogP) is 6.74. The Hall–Kier alpha value is -4.10. The Balaban J connectivity index is 1.59. The minimum absolute atomic E-state index is 0.640. The van der Waals surface area contributed by atoms with Gasteiger partial charge >= 0.3 is 0 Å². The van der Waals surface area contributed by atoms with Crippen molar-refractivity contribution >= 4 is 33.5 Å². The quantitative estimate of drug-likeness (QED) is 0.273. The van der Waals surface area contributed by atoms with Gasteiger partial charge in [0, 0.05) is 50.7 Å². The molecule has 5 aromatic rings. The largest absolute Gasteiger partial charge is 0.340 e. The number of H-pyrrole nitrogens is 2. The third-order valence-electron chi connectivity index (χ3n) is 5.57. The van der Waals surface area contributed by atoms with Crippen molar-refractivity contribution in [1.82, 2.24) is 30.1 Å². The van der Waals surface area contributed by atoms with Crippen molar-refractivity contribution in [3.05, 3.63) is 94.9 Å². The van der Waals surface area contributed by atoms with E-state index in [0.29, 0.717) is 11.5 Å². The number of aryl methyl sites for hydroxylation is 2. The third kappa shape index (κ3) is 3.91. The molecular formula is C27H24N6S. The lowest BCUT2D eigenvalue weighted by molar-refractivity contribution is 1.08. The van der Waals surface area contributed by atoms with Gasteiger partial charge in [-0.2, -0.15) is 5.10 Å². The van der Waals surface area contributed by atoms with E-state index >= 15 is 0 Å². The summed E-state index contributed by atoms with van der Waals surface area (Å²) in [6.07, 6.45) is 9.30. The number of nitrogens with one attached hydrogen (secondary N) is 2. The SMILES string of the molecule is C=C/C=C(/c1ccc(C(=C)C)s1)c1nc(-c2[nH]nc3ncc(-c4cncc(C)c4)cc23)[nH]c1C. The van der Waals surface area contributed by atoms with E-state index in [1.807, 2.05) is 45.4 Å². The molecule has 0 bridgehead atoms. The maximum atomic E-state index is 4.97. The van der Waals surface area contributed by atoms with Crippen LogP contribution in [0.5, 0.6) is 0 Å². The first-order valence-electron chi connectivity index (χ1n) is 10.9. The Labute approximate surface area is 201 Å². The topological polar surface area (TPSA) is 83.1 Å². The fourth-order valence-corrected chi connectivity index (χ4v) is 4.86. The molecule has 0 aliphatic rings. The number of nitrogens with zero attached hydrogens (tertiary/aromatic N) is 4. The normalized spacial score (nSPS) is 11.8. The first-order chi connectivity index (χ1) is 16.4. The zero-order chi connectivity index (χ0) is 23.8. The maximum absolute atomic E-state index is 4.97. The summed E-state index contributed by atoms with van der Waals surface area (Å²) in [5.74, 6) is 0.711. The van der Waals surface area contributed by atoms with Crippen LogP contribution in [0.3, 0.4) is 0 Å². The van der Waals surface area contributed by atoms with Gasteiger partial charge in [0.1, 0.15) is 5.69 Å². The lowest BCUT2D eigenvalue weighted by Crippen LogP contribution is -1.88. The molecule has 2 N–H and O–H groups in total. The zero-order valence-corrected chi connectivity index (χ0v) is 20.1. The van der Waals surface area contributed by atoms with Crippen LogP contribution in [0, 0.1) is 13.8 Å². The molecule has 168 valence electrons. The highest BCUT2D eigenvalue weighted by atomic mass is 32.1. The fourth-order valence-electron chi connectivity index (χ4n) is 3.90. The van der Waals surface area contributed by atoms with Gasteiger partial charge in [0.25, 0.3) is 0 Å².